The molecule has 0 spiro atoms. The number of ether oxygens (including phenoxy) is 1. The van der Waals surface area contributed by atoms with Crippen molar-refractivity contribution < 1.29 is 17.9 Å². The fourth-order valence-corrected chi connectivity index (χ4v) is 4.12. The summed E-state index contributed by atoms with van der Waals surface area (Å²) in [5, 5.41) is 2.81. The maximum Gasteiger partial charge on any atom is 0.246 e. The quantitative estimate of drug-likeness (QED) is 0.841. The highest BCUT2D eigenvalue weighted by molar-refractivity contribution is 7.89. The van der Waals surface area contributed by atoms with Crippen molar-refractivity contribution in [1.29, 1.82) is 0 Å². The summed E-state index contributed by atoms with van der Waals surface area (Å²) in [4.78, 5) is 12.4. The van der Waals surface area contributed by atoms with Crippen LogP contribution in [0.4, 0.5) is 5.69 Å². The Morgan fingerprint density at radius 1 is 1.12 bits per heavy atom. The molecule has 7 heteroatoms. The SMILES string of the molecule is COc1ccccc1S(=O)(=O)N(C)CC(=O)Nc1c(C)cc(C)cc1C. The molecular weight excluding hydrogens is 352 g/mol. The first-order valence-electron chi connectivity index (χ1n) is 8.14. The molecule has 0 atom stereocenters. The molecule has 0 heterocycles. The van der Waals surface area contributed by atoms with Gasteiger partial charge in [0.05, 0.1) is 13.7 Å². The second-order valence-corrected chi connectivity index (χ2v) is 8.25. The number of para-hydroxylation sites is 1. The Morgan fingerprint density at radius 3 is 2.27 bits per heavy atom. The van der Waals surface area contributed by atoms with Crippen molar-refractivity contribution in [2.45, 2.75) is 25.7 Å². The number of anilines is 1. The zero-order chi connectivity index (χ0) is 19.5. The molecule has 0 aliphatic heterocycles. The highest BCUT2D eigenvalue weighted by Crippen LogP contribution is 2.26. The maximum atomic E-state index is 12.7. The number of hydrogen-bond donors (Lipinski definition) is 1. The average molecular weight is 376 g/mol. The molecule has 0 saturated carbocycles. The van der Waals surface area contributed by atoms with Crippen LogP contribution < -0.4 is 10.1 Å². The second kappa shape index (κ2) is 7.88. The third kappa shape index (κ3) is 4.23. The van der Waals surface area contributed by atoms with Crippen molar-refractivity contribution in [2.75, 3.05) is 26.0 Å². The van der Waals surface area contributed by atoms with Gasteiger partial charge in [0.15, 0.2) is 0 Å². The van der Waals surface area contributed by atoms with E-state index in [1.165, 1.54) is 20.2 Å². The predicted molar refractivity (Wildman–Crippen MR) is 102 cm³/mol. The summed E-state index contributed by atoms with van der Waals surface area (Å²) in [7, 11) is -1.07. The van der Waals surface area contributed by atoms with E-state index in [-0.39, 0.29) is 17.2 Å². The summed E-state index contributed by atoms with van der Waals surface area (Å²) in [5.41, 5.74) is 3.69. The van der Waals surface area contributed by atoms with E-state index in [1.54, 1.807) is 18.2 Å². The number of nitrogens with zero attached hydrogens (tertiary/aromatic N) is 1. The van der Waals surface area contributed by atoms with E-state index in [1.807, 2.05) is 32.9 Å². The van der Waals surface area contributed by atoms with Gasteiger partial charge in [-0.15, -0.1) is 0 Å². The van der Waals surface area contributed by atoms with Crippen LogP contribution in [0.2, 0.25) is 0 Å². The zero-order valence-electron chi connectivity index (χ0n) is 15.7. The van der Waals surface area contributed by atoms with Crippen LogP contribution in [-0.2, 0) is 14.8 Å². The molecule has 2 aromatic carbocycles. The van der Waals surface area contributed by atoms with Gasteiger partial charge in [-0.3, -0.25) is 4.79 Å². The van der Waals surface area contributed by atoms with Crippen LogP contribution in [0, 0.1) is 20.8 Å². The first-order valence-corrected chi connectivity index (χ1v) is 9.58. The molecule has 2 aromatic rings. The van der Waals surface area contributed by atoms with Crippen LogP contribution >= 0.6 is 0 Å². The summed E-state index contributed by atoms with van der Waals surface area (Å²) >= 11 is 0. The standard InChI is InChI=1S/C19H24N2O4S/c1-13-10-14(2)19(15(3)11-13)20-18(22)12-21(4)26(23,24)17-9-7-6-8-16(17)25-5/h6-11H,12H2,1-5H3,(H,20,22). The number of hydrogen-bond acceptors (Lipinski definition) is 4. The van der Waals surface area contributed by atoms with E-state index in [0.717, 1.165) is 21.0 Å². The number of aryl methyl sites for hydroxylation is 3. The molecule has 0 radical (unpaired) electrons. The molecule has 26 heavy (non-hydrogen) atoms. The number of methoxy groups -OCH3 is 1. The van der Waals surface area contributed by atoms with Crippen molar-refractivity contribution in [2.24, 2.45) is 0 Å². The number of carbonyl (C=O) groups excluding carboxylic acids is 1. The summed E-state index contributed by atoms with van der Waals surface area (Å²) in [6, 6.07) is 10.3. The van der Waals surface area contributed by atoms with Crippen molar-refractivity contribution in [3.05, 3.63) is 53.1 Å². The average Bonchev–Trinajstić information content (AvgIpc) is 2.57. The van der Waals surface area contributed by atoms with E-state index in [4.69, 9.17) is 4.74 Å². The summed E-state index contributed by atoms with van der Waals surface area (Å²) < 4.78 is 31.6. The lowest BCUT2D eigenvalue weighted by molar-refractivity contribution is -0.116. The number of sulfonamides is 1. The molecular formula is C19H24N2O4S. The first kappa shape index (κ1) is 19.9. The molecule has 0 saturated heterocycles. The van der Waals surface area contributed by atoms with E-state index < -0.39 is 15.9 Å². The van der Waals surface area contributed by atoms with Gasteiger partial charge in [0.2, 0.25) is 15.9 Å². The van der Waals surface area contributed by atoms with Gasteiger partial charge >= 0.3 is 0 Å². The van der Waals surface area contributed by atoms with Crippen LogP contribution in [0.25, 0.3) is 0 Å². The third-order valence-electron chi connectivity index (χ3n) is 4.07. The van der Waals surface area contributed by atoms with Gasteiger partial charge in [-0.05, 0) is 44.0 Å². The van der Waals surface area contributed by atoms with E-state index in [2.05, 4.69) is 5.32 Å². The Balaban J connectivity index is 2.19. The largest absolute Gasteiger partial charge is 0.495 e. The monoisotopic (exact) mass is 376 g/mol. The van der Waals surface area contributed by atoms with Crippen LogP contribution in [0.15, 0.2) is 41.3 Å². The van der Waals surface area contributed by atoms with Crippen LogP contribution in [0.3, 0.4) is 0 Å². The van der Waals surface area contributed by atoms with Gasteiger partial charge in [-0.25, -0.2) is 8.42 Å². The van der Waals surface area contributed by atoms with E-state index >= 15 is 0 Å². The van der Waals surface area contributed by atoms with Crippen molar-refractivity contribution in [1.82, 2.24) is 4.31 Å². The Labute approximate surface area is 154 Å². The second-order valence-electron chi connectivity index (χ2n) is 6.23. The number of rotatable bonds is 6. The molecule has 0 unspecified atom stereocenters. The maximum absolute atomic E-state index is 12.7. The minimum atomic E-state index is -3.85. The number of benzene rings is 2. The van der Waals surface area contributed by atoms with Gasteiger partial charge in [0.25, 0.3) is 0 Å². The summed E-state index contributed by atoms with van der Waals surface area (Å²) in [5.74, 6) is -0.161. The van der Waals surface area contributed by atoms with Crippen molar-refractivity contribution >= 4 is 21.6 Å². The van der Waals surface area contributed by atoms with Gasteiger partial charge in [0, 0.05) is 12.7 Å². The Kier molecular flexibility index (Phi) is 6.05. The molecule has 2 rings (SSSR count). The molecule has 0 aromatic heterocycles. The highest BCUT2D eigenvalue weighted by atomic mass is 32.2. The number of likely N-dealkylation sites (N-methyl/N-ethyl adjacent to an activating group) is 1. The van der Waals surface area contributed by atoms with Gasteiger partial charge in [-0.2, -0.15) is 4.31 Å². The third-order valence-corrected chi connectivity index (χ3v) is 5.91. The first-order chi connectivity index (χ1) is 12.2. The molecule has 140 valence electrons. The molecule has 0 bridgehead atoms. The van der Waals surface area contributed by atoms with Crippen LogP contribution in [-0.4, -0.2) is 39.3 Å². The lowest BCUT2D eigenvalue weighted by Crippen LogP contribution is -2.35. The molecule has 6 nitrogen and oxygen atoms in total. The van der Waals surface area contributed by atoms with Crippen molar-refractivity contribution in [3.8, 4) is 5.75 Å². The van der Waals surface area contributed by atoms with Crippen LogP contribution in [0.1, 0.15) is 16.7 Å². The Morgan fingerprint density at radius 2 is 1.69 bits per heavy atom. The lowest BCUT2D eigenvalue weighted by Gasteiger charge is -2.19. The number of amides is 1. The number of nitrogens with one attached hydrogen (secondary N) is 1. The van der Waals surface area contributed by atoms with Gasteiger partial charge in [0.1, 0.15) is 10.6 Å². The van der Waals surface area contributed by atoms with Crippen molar-refractivity contribution in [3.63, 3.8) is 0 Å². The highest BCUT2D eigenvalue weighted by Gasteiger charge is 2.26. The van der Waals surface area contributed by atoms with E-state index in [0.29, 0.717) is 5.69 Å². The van der Waals surface area contributed by atoms with E-state index in [9.17, 15) is 13.2 Å². The molecule has 1 N–H and O–H groups in total. The lowest BCUT2D eigenvalue weighted by atomic mass is 10.1. The van der Waals surface area contributed by atoms with Crippen LogP contribution in [0.5, 0.6) is 5.75 Å². The normalized spacial score (nSPS) is 11.5. The topological polar surface area (TPSA) is 75.7 Å². The fraction of sp³-hybridized carbons (Fsp3) is 0.316. The molecule has 1 amide bonds. The Bertz CT molecular complexity index is 900. The van der Waals surface area contributed by atoms with Gasteiger partial charge in [-0.1, -0.05) is 29.8 Å². The summed E-state index contributed by atoms with van der Waals surface area (Å²) in [6.07, 6.45) is 0. The Hall–Kier alpha value is -2.38. The molecule has 0 fully saturated rings. The number of carbonyl (C=O) groups is 1. The minimum absolute atomic E-state index is 0.0282. The zero-order valence-corrected chi connectivity index (χ0v) is 16.5. The fourth-order valence-electron chi connectivity index (χ4n) is 2.84. The predicted octanol–water partition coefficient (Wildman–Crippen LogP) is 2.88. The smallest absolute Gasteiger partial charge is 0.246 e. The molecule has 0 aliphatic carbocycles. The minimum Gasteiger partial charge on any atom is -0.495 e. The molecule has 0 aliphatic rings. The summed E-state index contributed by atoms with van der Waals surface area (Å²) in [6.45, 7) is 5.50. The van der Waals surface area contributed by atoms with Gasteiger partial charge < -0.3 is 10.1 Å².